The summed E-state index contributed by atoms with van der Waals surface area (Å²) in [6, 6.07) is 175. The van der Waals surface area contributed by atoms with Crippen LogP contribution in [-0.4, -0.2) is 44.9 Å². The van der Waals surface area contributed by atoms with Gasteiger partial charge in [0.05, 0.1) is 0 Å². The Kier molecular flexibility index (Phi) is 21.9. The highest BCUT2D eigenvalue weighted by atomic mass is 32.1. The van der Waals surface area contributed by atoms with E-state index < -0.39 is 0 Å². The van der Waals surface area contributed by atoms with Crippen LogP contribution in [-0.2, 0) is 0 Å². The SMILES string of the molecule is c1ccc(-c2ccc(-c3nc(-c4ccccc4)nc(-c4ccc(-c5ccc6c(ccc7ccc8oc9ccccc9c8c76)c5)cc4)n3)cc2)cc1.c1ccc(-c2cccc(-c3nc(-c4ccccc4)nc(-c4ccc(-c5ccc6c(ccc7ccc8oc9ccccc9c8c76)c5)cc4)n3)c2)cc1.c1ccc(-c2nc(-c3ccccc3)nc(-c3ccc(-c4ccc5c(ccc6ccc7sc8ccccc8c7c65)c4)cc3)n2)cc1. The van der Waals surface area contributed by atoms with Crippen molar-refractivity contribution in [2.75, 3.05) is 0 Å². The van der Waals surface area contributed by atoms with Crippen LogP contribution < -0.4 is 0 Å². The molecule has 0 atom stereocenters. The van der Waals surface area contributed by atoms with Crippen molar-refractivity contribution < 1.29 is 8.83 Å². The van der Waals surface area contributed by atoms with Crippen LogP contribution in [0.4, 0.5) is 0 Å². The summed E-state index contributed by atoms with van der Waals surface area (Å²) in [6.07, 6.45) is 0. The fourth-order valence-electron chi connectivity index (χ4n) is 20.6. The summed E-state index contributed by atoms with van der Waals surface area (Å²) in [6.45, 7) is 0. The topological polar surface area (TPSA) is 142 Å². The van der Waals surface area contributed by atoms with Crippen molar-refractivity contribution in [1.29, 1.82) is 0 Å². The van der Waals surface area contributed by atoms with E-state index in [9.17, 15) is 0 Å². The summed E-state index contributed by atoms with van der Waals surface area (Å²) in [4.78, 5) is 44.4. The predicted molar refractivity (Wildman–Crippen MR) is 608 cm³/mol. The molecule has 6 heterocycles. The first kappa shape index (κ1) is 86.6. The average Bonchev–Trinajstić information content (AvgIpc) is 1.62. The fourth-order valence-corrected chi connectivity index (χ4v) is 21.7. The van der Waals surface area contributed by atoms with E-state index in [1.54, 1.807) is 0 Å². The number of fused-ring (bicyclic) bond motifs is 21. The molecule has 29 aromatic rings. The van der Waals surface area contributed by atoms with Gasteiger partial charge in [-0.1, -0.05) is 443 Å². The van der Waals surface area contributed by atoms with Gasteiger partial charge in [-0.15, -0.1) is 11.3 Å². The second-order valence-electron chi connectivity index (χ2n) is 36.9. The third kappa shape index (κ3) is 16.5. The normalized spacial score (nSPS) is 11.5. The van der Waals surface area contributed by atoms with Crippen molar-refractivity contribution in [2.24, 2.45) is 0 Å². The lowest BCUT2D eigenvalue weighted by Crippen LogP contribution is -2.00. The molecule has 0 aliphatic rings. The number of benzene rings is 23. The maximum atomic E-state index is 6.22. The van der Waals surface area contributed by atoms with E-state index in [-0.39, 0.29) is 0 Å². The molecule has 6 aromatic heterocycles. The highest BCUT2D eigenvalue weighted by Crippen LogP contribution is 2.47. The van der Waals surface area contributed by atoms with Crippen LogP contribution in [0.2, 0.25) is 0 Å². The van der Waals surface area contributed by atoms with Gasteiger partial charge in [0.2, 0.25) is 0 Å². The summed E-state index contributed by atoms with van der Waals surface area (Å²) in [5.74, 6) is 5.84. The third-order valence-electron chi connectivity index (χ3n) is 28.0. The van der Waals surface area contributed by atoms with E-state index >= 15 is 0 Å². The third-order valence-corrected chi connectivity index (χ3v) is 29.1. The molecular formula is C135H83N9O2S. The van der Waals surface area contributed by atoms with Gasteiger partial charge in [0.1, 0.15) is 22.3 Å². The highest BCUT2D eigenvalue weighted by molar-refractivity contribution is 7.26. The molecule has 0 bridgehead atoms. The molecule has 0 aliphatic heterocycles. The van der Waals surface area contributed by atoms with Gasteiger partial charge in [-0.25, -0.2) is 44.9 Å². The monoisotopic (exact) mass is 1890 g/mol. The van der Waals surface area contributed by atoms with E-state index in [4.69, 9.17) is 53.7 Å². The maximum absolute atomic E-state index is 6.22. The van der Waals surface area contributed by atoms with Crippen LogP contribution in [0.1, 0.15) is 0 Å². The van der Waals surface area contributed by atoms with Crippen LogP contribution in [0.25, 0.3) is 287 Å². The molecule has 11 nitrogen and oxygen atoms in total. The average molecular weight is 1900 g/mol. The molecule has 0 spiro atoms. The molecule has 147 heavy (non-hydrogen) atoms. The zero-order valence-corrected chi connectivity index (χ0v) is 80.0. The molecule has 0 saturated heterocycles. The van der Waals surface area contributed by atoms with Crippen LogP contribution in [0.15, 0.2) is 512 Å². The van der Waals surface area contributed by atoms with Crippen molar-refractivity contribution in [3.05, 3.63) is 504 Å². The van der Waals surface area contributed by atoms with Gasteiger partial charge < -0.3 is 8.83 Å². The standard InChI is InChI=1S/2C47H29N3O.C41H25N3S/c1-3-10-30(11-4-1)35-14-9-15-38(29-35)47-49-45(33-12-5-2-6-13-33)48-46(50-47)34-21-18-31(19-22-34)36-24-26-39-37(28-36)23-20-32-25-27-42-44(43(32)39)40-16-7-8-17-41(40)51-42;1-3-9-30(10-4-1)31-15-20-35(21-16-31)46-48-45(34-11-5-2-6-12-34)49-47(50-46)36-22-17-32(18-23-36)37-25-27-39-38(29-37)24-19-33-26-28-42-44(43(33)39)40-13-7-8-14-41(40)51-42;1-3-9-28(10-4-1)39-42-40(29-11-5-2-6-12-29)44-41(43-39)30-18-15-26(16-19-30)31-21-23-33-32(25-31)20-17-27-22-24-36-38(37(27)33)34-13-7-8-14-35(34)45-36/h2*1-29H;1-25H. The van der Waals surface area contributed by atoms with E-state index in [0.29, 0.717) is 52.4 Å². The van der Waals surface area contributed by atoms with Gasteiger partial charge >= 0.3 is 0 Å². The number of aromatic nitrogens is 9. The second-order valence-corrected chi connectivity index (χ2v) is 38.0. The Morgan fingerprint density at radius 1 is 0.122 bits per heavy atom. The molecular weight excluding hydrogens is 1810 g/mol. The van der Waals surface area contributed by atoms with Gasteiger partial charge in [-0.2, -0.15) is 0 Å². The Balaban J connectivity index is 0.000000109. The van der Waals surface area contributed by atoms with Gasteiger partial charge in [0.15, 0.2) is 52.4 Å². The number of thiophene rings is 1. The van der Waals surface area contributed by atoms with Crippen molar-refractivity contribution in [3.63, 3.8) is 0 Å². The van der Waals surface area contributed by atoms with Crippen molar-refractivity contribution in [3.8, 4) is 158 Å². The number of hydrogen-bond acceptors (Lipinski definition) is 12. The van der Waals surface area contributed by atoms with Crippen molar-refractivity contribution in [2.45, 2.75) is 0 Å². The Labute approximate surface area is 849 Å². The van der Waals surface area contributed by atoms with Crippen LogP contribution in [0.3, 0.4) is 0 Å². The minimum Gasteiger partial charge on any atom is -0.456 e. The van der Waals surface area contributed by atoms with E-state index in [0.717, 1.165) is 128 Å². The summed E-state index contributed by atoms with van der Waals surface area (Å²) in [7, 11) is 0. The van der Waals surface area contributed by atoms with E-state index in [1.165, 1.54) is 107 Å². The first-order chi connectivity index (χ1) is 72.8. The molecule has 0 saturated carbocycles. The Morgan fingerprint density at radius 2 is 0.354 bits per heavy atom. The molecule has 0 unspecified atom stereocenters. The van der Waals surface area contributed by atoms with E-state index in [1.807, 2.05) is 169 Å². The smallest absolute Gasteiger partial charge is 0.164 e. The minimum atomic E-state index is 0.636. The maximum Gasteiger partial charge on any atom is 0.164 e. The van der Waals surface area contributed by atoms with Crippen LogP contribution in [0.5, 0.6) is 0 Å². The molecule has 23 aromatic carbocycles. The lowest BCUT2D eigenvalue weighted by molar-refractivity contribution is 0.669. The molecule has 29 rings (SSSR count). The van der Waals surface area contributed by atoms with Crippen LogP contribution >= 0.6 is 11.3 Å². The molecule has 686 valence electrons. The largest absolute Gasteiger partial charge is 0.456 e. The number of hydrogen-bond donors (Lipinski definition) is 0. The van der Waals surface area contributed by atoms with Crippen molar-refractivity contribution in [1.82, 2.24) is 44.9 Å². The molecule has 0 aliphatic carbocycles. The molecule has 0 fully saturated rings. The van der Waals surface area contributed by atoms with Gasteiger partial charge in [-0.05, 0) is 170 Å². The van der Waals surface area contributed by atoms with Gasteiger partial charge in [0.25, 0.3) is 0 Å². The van der Waals surface area contributed by atoms with Gasteiger partial charge in [0, 0.05) is 103 Å². The number of furan rings is 2. The predicted octanol–water partition coefficient (Wildman–Crippen LogP) is 36.0. The zero-order chi connectivity index (χ0) is 97.2. The first-order valence-corrected chi connectivity index (χ1v) is 50.0. The lowest BCUT2D eigenvalue weighted by atomic mass is 9.94. The molecule has 0 radical (unpaired) electrons. The quantitative estimate of drug-likeness (QED) is 0.0960. The summed E-state index contributed by atoms with van der Waals surface area (Å²) < 4.78 is 15.1. The fraction of sp³-hybridized carbons (Fsp3) is 0. The summed E-state index contributed by atoms with van der Waals surface area (Å²) >= 11 is 1.87. The highest BCUT2D eigenvalue weighted by Gasteiger charge is 2.23. The zero-order valence-electron chi connectivity index (χ0n) is 79.2. The number of para-hydroxylation sites is 2. The first-order valence-electron chi connectivity index (χ1n) is 49.2. The summed E-state index contributed by atoms with van der Waals surface area (Å²) in [5, 5.41) is 22.1. The Morgan fingerprint density at radius 3 is 0.714 bits per heavy atom. The molecule has 0 N–H and O–H groups in total. The molecule has 0 amide bonds. The number of rotatable bonds is 14. The van der Waals surface area contributed by atoms with Crippen LogP contribution in [0, 0.1) is 0 Å². The Hall–Kier alpha value is -19.5. The lowest BCUT2D eigenvalue weighted by Gasteiger charge is -2.11. The molecule has 12 heteroatoms. The van der Waals surface area contributed by atoms with E-state index in [2.05, 4.69) is 346 Å². The summed E-state index contributed by atoms with van der Waals surface area (Å²) in [5.41, 5.74) is 23.7. The number of nitrogens with zero attached hydrogens (tertiary/aromatic N) is 9. The second kappa shape index (κ2) is 37.2. The minimum absolute atomic E-state index is 0.636. The Bertz CT molecular complexity index is 10100. The van der Waals surface area contributed by atoms with Gasteiger partial charge in [-0.3, -0.25) is 0 Å². The van der Waals surface area contributed by atoms with Crippen molar-refractivity contribution >= 4 is 140 Å².